The molecule has 0 saturated heterocycles. The Morgan fingerprint density at radius 1 is 1.10 bits per heavy atom. The molecule has 1 aromatic rings. The van der Waals surface area contributed by atoms with E-state index in [0.717, 1.165) is 12.8 Å². The fourth-order valence-electron chi connectivity index (χ4n) is 2.21. The Labute approximate surface area is 132 Å². The molecule has 3 nitrogen and oxygen atoms in total. The third kappa shape index (κ3) is 7.37. The number of ether oxygens (including phenoxy) is 1. The van der Waals surface area contributed by atoms with E-state index in [4.69, 9.17) is 21.4 Å². The molecule has 1 N–H and O–H groups in total. The zero-order valence-electron chi connectivity index (χ0n) is 12.7. The van der Waals surface area contributed by atoms with E-state index < -0.39 is 5.97 Å². The minimum Gasteiger partial charge on any atom is -0.493 e. The summed E-state index contributed by atoms with van der Waals surface area (Å²) in [4.78, 5) is 11.1. The lowest BCUT2D eigenvalue weighted by molar-refractivity contribution is 0.0692. The van der Waals surface area contributed by atoms with Crippen molar-refractivity contribution in [2.45, 2.75) is 58.3 Å². The number of carboxylic acid groups (broad SMARTS) is 1. The Morgan fingerprint density at radius 2 is 1.71 bits per heavy atom. The van der Waals surface area contributed by atoms with Crippen LogP contribution in [0.25, 0.3) is 0 Å². The average Bonchev–Trinajstić information content (AvgIpc) is 2.46. The van der Waals surface area contributed by atoms with Crippen LogP contribution in [0.15, 0.2) is 18.2 Å². The summed E-state index contributed by atoms with van der Waals surface area (Å²) in [6, 6.07) is 4.69. The van der Waals surface area contributed by atoms with Crippen LogP contribution in [0.4, 0.5) is 0 Å². The number of benzene rings is 1. The second kappa shape index (κ2) is 10.5. The first kappa shape index (κ1) is 17.8. The van der Waals surface area contributed by atoms with Gasteiger partial charge in [0.15, 0.2) is 0 Å². The van der Waals surface area contributed by atoms with Crippen molar-refractivity contribution in [3.8, 4) is 5.75 Å². The summed E-state index contributed by atoms with van der Waals surface area (Å²) >= 11 is 5.80. The van der Waals surface area contributed by atoms with Gasteiger partial charge in [-0.15, -0.1) is 0 Å². The molecule has 0 heterocycles. The summed E-state index contributed by atoms with van der Waals surface area (Å²) in [5, 5.41) is 9.50. The van der Waals surface area contributed by atoms with Crippen LogP contribution in [0, 0.1) is 0 Å². The number of rotatable bonds is 11. The Kier molecular flexibility index (Phi) is 8.91. The first-order valence-electron chi connectivity index (χ1n) is 7.80. The summed E-state index contributed by atoms with van der Waals surface area (Å²) in [6.45, 7) is 2.77. The van der Waals surface area contributed by atoms with Crippen molar-refractivity contribution < 1.29 is 14.6 Å². The standard InChI is InChI=1S/C17H25ClO3/c1-2-3-4-5-6-7-8-9-12-21-16-11-10-14(18)13-15(16)17(19)20/h10-11,13H,2-9,12H2,1H3,(H,19,20). The van der Waals surface area contributed by atoms with Gasteiger partial charge in [0.1, 0.15) is 11.3 Å². The highest BCUT2D eigenvalue weighted by Crippen LogP contribution is 2.23. The molecular weight excluding hydrogens is 288 g/mol. The van der Waals surface area contributed by atoms with E-state index in [9.17, 15) is 4.79 Å². The van der Waals surface area contributed by atoms with Crippen LogP contribution in [-0.2, 0) is 0 Å². The molecule has 0 radical (unpaired) electrons. The van der Waals surface area contributed by atoms with Gasteiger partial charge in [-0.05, 0) is 24.6 Å². The lowest BCUT2D eigenvalue weighted by Gasteiger charge is -2.09. The quantitative estimate of drug-likeness (QED) is 0.544. The first-order valence-corrected chi connectivity index (χ1v) is 8.18. The third-order valence-electron chi connectivity index (χ3n) is 3.43. The van der Waals surface area contributed by atoms with Gasteiger partial charge in [0, 0.05) is 5.02 Å². The molecule has 0 spiro atoms. The first-order chi connectivity index (χ1) is 10.1. The molecule has 0 amide bonds. The van der Waals surface area contributed by atoms with Crippen molar-refractivity contribution in [3.63, 3.8) is 0 Å². The van der Waals surface area contributed by atoms with E-state index in [1.54, 1.807) is 12.1 Å². The fourth-order valence-corrected chi connectivity index (χ4v) is 2.39. The zero-order chi connectivity index (χ0) is 15.5. The maximum atomic E-state index is 11.1. The van der Waals surface area contributed by atoms with Crippen LogP contribution >= 0.6 is 11.6 Å². The minimum absolute atomic E-state index is 0.127. The van der Waals surface area contributed by atoms with E-state index in [0.29, 0.717) is 17.4 Å². The van der Waals surface area contributed by atoms with Gasteiger partial charge in [0.05, 0.1) is 6.61 Å². The topological polar surface area (TPSA) is 46.5 Å². The van der Waals surface area contributed by atoms with Gasteiger partial charge < -0.3 is 9.84 Å². The summed E-state index contributed by atoms with van der Waals surface area (Å²) < 4.78 is 5.56. The van der Waals surface area contributed by atoms with Gasteiger partial charge in [-0.25, -0.2) is 4.79 Å². The highest BCUT2D eigenvalue weighted by Gasteiger charge is 2.11. The number of carbonyl (C=O) groups is 1. The molecule has 21 heavy (non-hydrogen) atoms. The van der Waals surface area contributed by atoms with Crippen LogP contribution in [0.3, 0.4) is 0 Å². The number of hydrogen-bond acceptors (Lipinski definition) is 2. The maximum Gasteiger partial charge on any atom is 0.339 e. The summed E-state index contributed by atoms with van der Waals surface area (Å²) in [5.74, 6) is -0.613. The van der Waals surface area contributed by atoms with Crippen molar-refractivity contribution in [1.29, 1.82) is 0 Å². The third-order valence-corrected chi connectivity index (χ3v) is 3.66. The van der Waals surface area contributed by atoms with Gasteiger partial charge in [0.2, 0.25) is 0 Å². The highest BCUT2D eigenvalue weighted by atomic mass is 35.5. The van der Waals surface area contributed by atoms with E-state index in [-0.39, 0.29) is 5.56 Å². The van der Waals surface area contributed by atoms with Gasteiger partial charge in [0.25, 0.3) is 0 Å². The maximum absolute atomic E-state index is 11.1. The van der Waals surface area contributed by atoms with Crippen LogP contribution < -0.4 is 4.74 Å². The minimum atomic E-state index is -1.01. The van der Waals surface area contributed by atoms with E-state index in [2.05, 4.69) is 6.92 Å². The number of unbranched alkanes of at least 4 members (excludes halogenated alkanes) is 7. The predicted molar refractivity (Wildman–Crippen MR) is 86.5 cm³/mol. The van der Waals surface area contributed by atoms with Crippen LogP contribution in [0.5, 0.6) is 5.75 Å². The normalized spacial score (nSPS) is 10.6. The zero-order valence-corrected chi connectivity index (χ0v) is 13.5. The van der Waals surface area contributed by atoms with Gasteiger partial charge in [-0.1, -0.05) is 63.5 Å². The largest absolute Gasteiger partial charge is 0.493 e. The summed E-state index contributed by atoms with van der Waals surface area (Å²) in [6.07, 6.45) is 9.84. The van der Waals surface area contributed by atoms with Crippen molar-refractivity contribution >= 4 is 17.6 Å². The Bertz CT molecular complexity index is 432. The molecule has 1 rings (SSSR count). The second-order valence-electron chi connectivity index (χ2n) is 5.27. The van der Waals surface area contributed by atoms with Crippen LogP contribution in [0.2, 0.25) is 5.02 Å². The van der Waals surface area contributed by atoms with Crippen molar-refractivity contribution in [2.24, 2.45) is 0 Å². The molecular formula is C17H25ClO3. The SMILES string of the molecule is CCCCCCCCCCOc1ccc(Cl)cc1C(=O)O. The molecule has 0 aromatic heterocycles. The Hall–Kier alpha value is -1.22. The average molecular weight is 313 g/mol. The monoisotopic (exact) mass is 312 g/mol. The van der Waals surface area contributed by atoms with Gasteiger partial charge in [-0.3, -0.25) is 0 Å². The fraction of sp³-hybridized carbons (Fsp3) is 0.588. The number of hydrogen-bond donors (Lipinski definition) is 1. The van der Waals surface area contributed by atoms with Crippen molar-refractivity contribution in [3.05, 3.63) is 28.8 Å². The molecule has 0 saturated carbocycles. The molecule has 1 aromatic carbocycles. The smallest absolute Gasteiger partial charge is 0.339 e. The Balaban J connectivity index is 2.20. The highest BCUT2D eigenvalue weighted by molar-refractivity contribution is 6.31. The van der Waals surface area contributed by atoms with Gasteiger partial charge >= 0.3 is 5.97 Å². The number of aromatic carboxylic acids is 1. The van der Waals surface area contributed by atoms with Crippen molar-refractivity contribution in [1.82, 2.24) is 0 Å². The second-order valence-corrected chi connectivity index (χ2v) is 5.71. The molecule has 0 aliphatic rings. The summed E-state index contributed by atoms with van der Waals surface area (Å²) in [7, 11) is 0. The molecule has 118 valence electrons. The molecule has 0 atom stereocenters. The van der Waals surface area contributed by atoms with E-state index >= 15 is 0 Å². The van der Waals surface area contributed by atoms with E-state index in [1.165, 1.54) is 44.6 Å². The van der Waals surface area contributed by atoms with Crippen molar-refractivity contribution in [2.75, 3.05) is 6.61 Å². The summed E-state index contributed by atoms with van der Waals surface area (Å²) in [5.41, 5.74) is 0.127. The predicted octanol–water partition coefficient (Wildman–Crippen LogP) is 5.56. The molecule has 0 aliphatic carbocycles. The van der Waals surface area contributed by atoms with E-state index in [1.807, 2.05) is 0 Å². The number of carboxylic acids is 1. The lowest BCUT2D eigenvalue weighted by atomic mass is 10.1. The van der Waals surface area contributed by atoms with Crippen LogP contribution in [0.1, 0.15) is 68.6 Å². The van der Waals surface area contributed by atoms with Crippen LogP contribution in [-0.4, -0.2) is 17.7 Å². The number of halogens is 1. The Morgan fingerprint density at radius 3 is 2.33 bits per heavy atom. The molecule has 0 bridgehead atoms. The van der Waals surface area contributed by atoms with Gasteiger partial charge in [-0.2, -0.15) is 0 Å². The molecule has 0 unspecified atom stereocenters. The molecule has 0 fully saturated rings. The molecule has 4 heteroatoms. The lowest BCUT2D eigenvalue weighted by Crippen LogP contribution is -2.04. The molecule has 0 aliphatic heterocycles.